The summed E-state index contributed by atoms with van der Waals surface area (Å²) in [5, 5.41) is 3.44. The van der Waals surface area contributed by atoms with Crippen molar-refractivity contribution in [2.75, 3.05) is 13.1 Å². The molecule has 4 heteroatoms. The highest BCUT2D eigenvalue weighted by Gasteiger charge is 2.28. The average Bonchev–Trinajstić information content (AvgIpc) is 2.72. The second-order valence-corrected chi connectivity index (χ2v) is 7.92. The van der Waals surface area contributed by atoms with Gasteiger partial charge in [0.1, 0.15) is 6.61 Å². The largest absolute Gasteiger partial charge is 0.445 e. The maximum absolute atomic E-state index is 13.1. The second-order valence-electron chi connectivity index (χ2n) is 7.92. The summed E-state index contributed by atoms with van der Waals surface area (Å²) in [6.45, 7) is 9.34. The summed E-state index contributed by atoms with van der Waals surface area (Å²) in [6.07, 6.45) is 1.66. The number of nitrogens with zero attached hydrogens (tertiary/aromatic N) is 1. The van der Waals surface area contributed by atoms with E-state index in [1.54, 1.807) is 0 Å². The van der Waals surface area contributed by atoms with Gasteiger partial charge in [-0.2, -0.15) is 0 Å². The third-order valence-corrected chi connectivity index (χ3v) is 5.30. The van der Waals surface area contributed by atoms with E-state index in [1.807, 2.05) is 35.2 Å². The molecule has 0 aromatic heterocycles. The van der Waals surface area contributed by atoms with Crippen molar-refractivity contribution in [3.63, 3.8) is 0 Å². The van der Waals surface area contributed by atoms with E-state index in [2.05, 4.69) is 44.3 Å². The van der Waals surface area contributed by atoms with Crippen molar-refractivity contribution in [1.82, 2.24) is 10.2 Å². The first-order valence-electron chi connectivity index (χ1n) is 10.4. The van der Waals surface area contributed by atoms with Gasteiger partial charge in [-0.25, -0.2) is 4.79 Å². The molecule has 4 nitrogen and oxygen atoms in total. The fourth-order valence-electron chi connectivity index (χ4n) is 4.01. The molecule has 0 saturated carbocycles. The molecule has 0 radical (unpaired) electrons. The van der Waals surface area contributed by atoms with Crippen LogP contribution < -0.4 is 5.32 Å². The van der Waals surface area contributed by atoms with Gasteiger partial charge >= 0.3 is 6.09 Å². The quantitative estimate of drug-likeness (QED) is 0.728. The molecule has 1 amide bonds. The van der Waals surface area contributed by atoms with E-state index >= 15 is 0 Å². The summed E-state index contributed by atoms with van der Waals surface area (Å²) in [7, 11) is 0. The van der Waals surface area contributed by atoms with Crippen LogP contribution in [0.15, 0.2) is 48.5 Å². The van der Waals surface area contributed by atoms with Crippen LogP contribution in [-0.2, 0) is 24.3 Å². The van der Waals surface area contributed by atoms with Gasteiger partial charge in [0.05, 0.1) is 6.04 Å². The number of amides is 1. The van der Waals surface area contributed by atoms with Crippen LogP contribution in [0.5, 0.6) is 0 Å². The van der Waals surface area contributed by atoms with Crippen molar-refractivity contribution >= 4 is 6.09 Å². The lowest BCUT2D eigenvalue weighted by atomic mass is 9.89. The van der Waals surface area contributed by atoms with E-state index in [9.17, 15) is 4.79 Å². The van der Waals surface area contributed by atoms with Gasteiger partial charge in [0, 0.05) is 13.1 Å². The van der Waals surface area contributed by atoms with Crippen LogP contribution in [-0.4, -0.2) is 24.1 Å². The predicted molar refractivity (Wildman–Crippen MR) is 113 cm³/mol. The Morgan fingerprint density at radius 2 is 1.93 bits per heavy atom. The maximum Gasteiger partial charge on any atom is 0.410 e. The predicted octanol–water partition coefficient (Wildman–Crippen LogP) is 5.08. The first-order valence-corrected chi connectivity index (χ1v) is 10.4. The molecule has 2 aromatic carbocycles. The number of nitrogens with one attached hydrogen (secondary N) is 1. The standard InChI is InChI=1S/C24H32N2O2/c1-4-23(22-12-8-11-20-15-25-14-13-21(20)22)26(16-18(2)3)24(27)28-17-19-9-6-5-7-10-19/h5-12,18,23,25H,4,13-17H2,1-3H3. The average molecular weight is 381 g/mol. The van der Waals surface area contributed by atoms with Crippen LogP contribution in [0.4, 0.5) is 4.79 Å². The van der Waals surface area contributed by atoms with Gasteiger partial charge in [-0.1, -0.05) is 69.3 Å². The number of fused-ring (bicyclic) bond motifs is 1. The second kappa shape index (κ2) is 9.74. The van der Waals surface area contributed by atoms with Crippen LogP contribution >= 0.6 is 0 Å². The van der Waals surface area contributed by atoms with Gasteiger partial charge in [-0.3, -0.25) is 0 Å². The minimum Gasteiger partial charge on any atom is -0.445 e. The number of hydrogen-bond donors (Lipinski definition) is 1. The molecule has 0 fully saturated rings. The summed E-state index contributed by atoms with van der Waals surface area (Å²) in [4.78, 5) is 15.0. The molecule has 1 aliphatic heterocycles. The minimum atomic E-state index is -0.226. The molecular formula is C24H32N2O2. The van der Waals surface area contributed by atoms with Gasteiger partial charge in [0.15, 0.2) is 0 Å². The Kier molecular flexibility index (Phi) is 7.10. The van der Waals surface area contributed by atoms with E-state index in [-0.39, 0.29) is 12.1 Å². The molecule has 0 aliphatic carbocycles. The fourth-order valence-corrected chi connectivity index (χ4v) is 4.01. The molecular weight excluding hydrogens is 348 g/mol. The number of hydrogen-bond acceptors (Lipinski definition) is 3. The molecule has 1 atom stereocenters. The van der Waals surface area contributed by atoms with Crippen LogP contribution in [0.3, 0.4) is 0 Å². The first kappa shape index (κ1) is 20.4. The summed E-state index contributed by atoms with van der Waals surface area (Å²) >= 11 is 0. The Balaban J connectivity index is 1.83. The highest BCUT2D eigenvalue weighted by molar-refractivity contribution is 5.68. The molecule has 1 heterocycles. The number of carbonyl (C=O) groups is 1. The Labute approximate surface area is 168 Å². The first-order chi connectivity index (χ1) is 13.6. The van der Waals surface area contributed by atoms with Gasteiger partial charge in [-0.15, -0.1) is 0 Å². The molecule has 0 spiro atoms. The highest BCUT2D eigenvalue weighted by atomic mass is 16.6. The minimum absolute atomic E-state index is 0.0405. The zero-order valence-electron chi connectivity index (χ0n) is 17.3. The summed E-state index contributed by atoms with van der Waals surface area (Å²) in [6, 6.07) is 16.4. The third kappa shape index (κ3) is 4.93. The molecule has 2 aromatic rings. The van der Waals surface area contributed by atoms with Crippen molar-refractivity contribution in [2.24, 2.45) is 5.92 Å². The molecule has 1 aliphatic rings. The van der Waals surface area contributed by atoms with Crippen molar-refractivity contribution in [2.45, 2.75) is 52.8 Å². The normalized spacial score (nSPS) is 14.4. The highest BCUT2D eigenvalue weighted by Crippen LogP contribution is 2.32. The molecule has 3 rings (SSSR count). The van der Waals surface area contributed by atoms with Crippen molar-refractivity contribution < 1.29 is 9.53 Å². The van der Waals surface area contributed by atoms with Gasteiger partial charge in [-0.05, 0) is 47.6 Å². The van der Waals surface area contributed by atoms with Crippen LogP contribution in [0, 0.1) is 5.92 Å². The molecule has 28 heavy (non-hydrogen) atoms. The molecule has 150 valence electrons. The van der Waals surface area contributed by atoms with E-state index in [0.29, 0.717) is 19.1 Å². The lowest BCUT2D eigenvalue weighted by Gasteiger charge is -2.34. The molecule has 1 N–H and O–H groups in total. The summed E-state index contributed by atoms with van der Waals surface area (Å²) < 4.78 is 5.71. The zero-order valence-corrected chi connectivity index (χ0v) is 17.3. The van der Waals surface area contributed by atoms with E-state index in [4.69, 9.17) is 4.74 Å². The number of carbonyl (C=O) groups excluding carboxylic acids is 1. The fraction of sp³-hybridized carbons (Fsp3) is 0.458. The number of benzene rings is 2. The van der Waals surface area contributed by atoms with E-state index < -0.39 is 0 Å². The van der Waals surface area contributed by atoms with Crippen molar-refractivity contribution in [3.8, 4) is 0 Å². The van der Waals surface area contributed by atoms with Gasteiger partial charge in [0.2, 0.25) is 0 Å². The van der Waals surface area contributed by atoms with E-state index in [0.717, 1.165) is 31.5 Å². The Morgan fingerprint density at radius 1 is 1.14 bits per heavy atom. The smallest absolute Gasteiger partial charge is 0.410 e. The third-order valence-electron chi connectivity index (χ3n) is 5.30. The maximum atomic E-state index is 13.1. The SMILES string of the molecule is CCC(c1cccc2c1CCNC2)N(CC(C)C)C(=O)OCc1ccccc1. The number of rotatable bonds is 7. The summed E-state index contributed by atoms with van der Waals surface area (Å²) in [5.41, 5.74) is 5.04. The Hall–Kier alpha value is -2.33. The van der Waals surface area contributed by atoms with Crippen molar-refractivity contribution in [3.05, 3.63) is 70.8 Å². The summed E-state index contributed by atoms with van der Waals surface area (Å²) in [5.74, 6) is 0.375. The van der Waals surface area contributed by atoms with Gasteiger partial charge in [0.25, 0.3) is 0 Å². The van der Waals surface area contributed by atoms with E-state index in [1.165, 1.54) is 16.7 Å². The van der Waals surface area contributed by atoms with Crippen LogP contribution in [0.2, 0.25) is 0 Å². The lowest BCUT2D eigenvalue weighted by Crippen LogP contribution is -2.38. The molecule has 0 saturated heterocycles. The Morgan fingerprint density at radius 3 is 2.64 bits per heavy atom. The Bertz CT molecular complexity index is 773. The van der Waals surface area contributed by atoms with Gasteiger partial charge < -0.3 is 15.0 Å². The number of ether oxygens (including phenoxy) is 1. The monoisotopic (exact) mass is 380 g/mol. The zero-order chi connectivity index (χ0) is 19.9. The van der Waals surface area contributed by atoms with Crippen molar-refractivity contribution in [1.29, 1.82) is 0 Å². The lowest BCUT2D eigenvalue weighted by molar-refractivity contribution is 0.0736. The molecule has 1 unspecified atom stereocenters. The van der Waals surface area contributed by atoms with Crippen LogP contribution in [0.25, 0.3) is 0 Å². The molecule has 0 bridgehead atoms. The van der Waals surface area contributed by atoms with Crippen LogP contribution in [0.1, 0.15) is 55.5 Å². The topological polar surface area (TPSA) is 41.6 Å².